The van der Waals surface area contributed by atoms with Crippen LogP contribution in [0, 0.1) is 16.7 Å². The van der Waals surface area contributed by atoms with Crippen molar-refractivity contribution in [3.63, 3.8) is 0 Å². The average molecular weight is 523 g/mol. The lowest BCUT2D eigenvalue weighted by Crippen LogP contribution is -2.51. The molecule has 2 N–H and O–H groups in total. The normalized spacial score (nSPS) is 18.7. The third-order valence-corrected chi connectivity index (χ3v) is 7.85. The maximum Gasteiger partial charge on any atom is 0.244 e. The van der Waals surface area contributed by atoms with Crippen LogP contribution in [0.25, 0.3) is 0 Å². The smallest absolute Gasteiger partial charge is 0.244 e. The third kappa shape index (κ3) is 7.60. The monoisotopic (exact) mass is 522 g/mol. The summed E-state index contributed by atoms with van der Waals surface area (Å²) in [6, 6.07) is 14.5. The van der Waals surface area contributed by atoms with Gasteiger partial charge in [0.15, 0.2) is 6.29 Å². The van der Waals surface area contributed by atoms with Gasteiger partial charge in [0.05, 0.1) is 12.1 Å². The fraction of sp³-hybridized carbons (Fsp3) is 0.606. The second kappa shape index (κ2) is 11.8. The molecule has 0 heterocycles. The van der Waals surface area contributed by atoms with Crippen LogP contribution >= 0.6 is 0 Å². The number of aryl methyl sites for hydroxylation is 1. The predicted molar refractivity (Wildman–Crippen MR) is 158 cm³/mol. The van der Waals surface area contributed by atoms with Gasteiger partial charge in [0.1, 0.15) is 5.75 Å². The van der Waals surface area contributed by atoms with E-state index < -0.39 is 5.54 Å². The average Bonchev–Trinajstić information content (AvgIpc) is 3.22. The summed E-state index contributed by atoms with van der Waals surface area (Å²) in [4.78, 5) is 12.8. The number of fused-ring (bicyclic) bond motifs is 1. The van der Waals surface area contributed by atoms with Gasteiger partial charge in [-0.15, -0.1) is 0 Å². The molecule has 0 aliphatic heterocycles. The maximum atomic E-state index is 12.8. The molecule has 3 unspecified atom stereocenters. The molecule has 0 fully saturated rings. The van der Waals surface area contributed by atoms with Gasteiger partial charge in [-0.05, 0) is 97.2 Å². The van der Waals surface area contributed by atoms with Gasteiger partial charge in [-0.25, -0.2) is 0 Å². The van der Waals surface area contributed by atoms with Crippen LogP contribution in [-0.2, 0) is 22.4 Å². The number of anilines is 1. The van der Waals surface area contributed by atoms with Gasteiger partial charge in [-0.2, -0.15) is 0 Å². The standard InChI is InChI=1S/C33H50N2O3/c1-11-23-12-14-25(15-13-23)35-30(36)33(9,10)34-18-19-37-22(2)38-26-16-17-27-24(20-26)21-28(31(3,4)5)29(27)32(6,7)8/h12-17,20,22,28-29,34H,11,18-19,21H2,1-10H3,(H,35,36). The first-order chi connectivity index (χ1) is 17.6. The lowest BCUT2D eigenvalue weighted by molar-refractivity contribution is -0.121. The molecule has 210 valence electrons. The minimum atomic E-state index is -0.732. The fourth-order valence-corrected chi connectivity index (χ4v) is 5.59. The Balaban J connectivity index is 1.50. The van der Waals surface area contributed by atoms with E-state index in [1.807, 2.05) is 45.0 Å². The second-order valence-corrected chi connectivity index (χ2v) is 13.5. The predicted octanol–water partition coefficient (Wildman–Crippen LogP) is 7.35. The topological polar surface area (TPSA) is 59.6 Å². The first kappa shape index (κ1) is 30.2. The van der Waals surface area contributed by atoms with Crippen LogP contribution < -0.4 is 15.4 Å². The van der Waals surface area contributed by atoms with Gasteiger partial charge in [0, 0.05) is 12.2 Å². The summed E-state index contributed by atoms with van der Waals surface area (Å²) in [5.74, 6) is 1.90. The molecular weight excluding hydrogens is 472 g/mol. The molecule has 1 amide bonds. The molecule has 1 aliphatic carbocycles. The Kier molecular flexibility index (Phi) is 9.36. The van der Waals surface area contributed by atoms with E-state index in [4.69, 9.17) is 9.47 Å². The molecule has 2 aromatic carbocycles. The van der Waals surface area contributed by atoms with Crippen molar-refractivity contribution in [3.8, 4) is 5.75 Å². The number of hydrogen-bond acceptors (Lipinski definition) is 4. The number of ether oxygens (including phenoxy) is 2. The second-order valence-electron chi connectivity index (χ2n) is 13.5. The molecule has 5 nitrogen and oxygen atoms in total. The van der Waals surface area contributed by atoms with Gasteiger partial charge in [0.2, 0.25) is 5.91 Å². The summed E-state index contributed by atoms with van der Waals surface area (Å²) in [6.45, 7) is 22.9. The summed E-state index contributed by atoms with van der Waals surface area (Å²) >= 11 is 0. The van der Waals surface area contributed by atoms with Gasteiger partial charge in [0.25, 0.3) is 0 Å². The number of amides is 1. The zero-order chi connectivity index (χ0) is 28.3. The molecule has 5 heteroatoms. The first-order valence-electron chi connectivity index (χ1n) is 14.2. The number of carbonyl (C=O) groups is 1. The Morgan fingerprint density at radius 1 is 0.974 bits per heavy atom. The van der Waals surface area contributed by atoms with E-state index in [2.05, 4.69) is 77.3 Å². The molecule has 2 aromatic rings. The van der Waals surface area contributed by atoms with Crippen LogP contribution in [-0.4, -0.2) is 30.9 Å². The number of rotatable bonds is 10. The van der Waals surface area contributed by atoms with Crippen molar-refractivity contribution in [1.82, 2.24) is 5.32 Å². The molecule has 0 saturated carbocycles. The highest BCUT2D eigenvalue weighted by Crippen LogP contribution is 2.54. The molecule has 0 radical (unpaired) electrons. The molecule has 0 saturated heterocycles. The van der Waals surface area contributed by atoms with E-state index >= 15 is 0 Å². The quantitative estimate of drug-likeness (QED) is 0.253. The minimum absolute atomic E-state index is 0.0775. The zero-order valence-corrected chi connectivity index (χ0v) is 25.3. The van der Waals surface area contributed by atoms with Crippen LogP contribution in [0.4, 0.5) is 5.69 Å². The summed E-state index contributed by atoms with van der Waals surface area (Å²) in [5, 5.41) is 6.29. The molecule has 0 bridgehead atoms. The van der Waals surface area contributed by atoms with Crippen molar-refractivity contribution in [3.05, 3.63) is 59.2 Å². The lowest BCUT2D eigenvalue weighted by atomic mass is 9.65. The zero-order valence-electron chi connectivity index (χ0n) is 25.3. The van der Waals surface area contributed by atoms with E-state index in [1.54, 1.807) is 0 Å². The van der Waals surface area contributed by atoms with Crippen molar-refractivity contribution in [2.45, 2.75) is 99.8 Å². The number of benzene rings is 2. The Bertz CT molecular complexity index is 1080. The minimum Gasteiger partial charge on any atom is -0.465 e. The SMILES string of the molecule is CCc1ccc(NC(=O)C(C)(C)NCCOC(C)Oc2ccc3c(c2)CC(C(C)(C)C)C3C(C)(C)C)cc1. The van der Waals surface area contributed by atoms with Crippen LogP contribution in [0.1, 0.15) is 91.8 Å². The first-order valence-corrected chi connectivity index (χ1v) is 14.2. The lowest BCUT2D eigenvalue weighted by Gasteiger charge is -2.40. The van der Waals surface area contributed by atoms with Crippen LogP contribution in [0.5, 0.6) is 5.75 Å². The summed E-state index contributed by atoms with van der Waals surface area (Å²) in [7, 11) is 0. The highest BCUT2D eigenvalue weighted by Gasteiger charge is 2.44. The van der Waals surface area contributed by atoms with E-state index in [1.165, 1.54) is 16.7 Å². The van der Waals surface area contributed by atoms with Gasteiger partial charge in [-0.3, -0.25) is 4.79 Å². The Hall–Kier alpha value is -2.37. The van der Waals surface area contributed by atoms with E-state index in [0.717, 1.165) is 24.3 Å². The highest BCUT2D eigenvalue weighted by molar-refractivity contribution is 5.97. The van der Waals surface area contributed by atoms with E-state index in [0.29, 0.717) is 25.0 Å². The third-order valence-electron chi connectivity index (χ3n) is 7.85. The Labute approximate surface area is 231 Å². The van der Waals surface area contributed by atoms with Crippen molar-refractivity contribution >= 4 is 11.6 Å². The van der Waals surface area contributed by atoms with E-state index in [9.17, 15) is 4.79 Å². The van der Waals surface area contributed by atoms with Crippen LogP contribution in [0.15, 0.2) is 42.5 Å². The van der Waals surface area contributed by atoms with Crippen molar-refractivity contribution < 1.29 is 14.3 Å². The molecular formula is C33H50N2O3. The number of hydrogen-bond donors (Lipinski definition) is 2. The maximum absolute atomic E-state index is 12.8. The Morgan fingerprint density at radius 2 is 1.63 bits per heavy atom. The molecule has 0 aromatic heterocycles. The summed E-state index contributed by atoms with van der Waals surface area (Å²) in [6.07, 6.45) is 1.67. The summed E-state index contributed by atoms with van der Waals surface area (Å²) in [5.41, 5.74) is 4.63. The molecule has 1 aliphatic rings. The van der Waals surface area contributed by atoms with Crippen molar-refractivity contribution in [2.75, 3.05) is 18.5 Å². The highest BCUT2D eigenvalue weighted by atomic mass is 16.7. The van der Waals surface area contributed by atoms with Gasteiger partial charge < -0.3 is 20.1 Å². The van der Waals surface area contributed by atoms with Crippen molar-refractivity contribution in [1.29, 1.82) is 0 Å². The Morgan fingerprint density at radius 3 is 2.21 bits per heavy atom. The summed E-state index contributed by atoms with van der Waals surface area (Å²) < 4.78 is 12.0. The van der Waals surface area contributed by atoms with E-state index in [-0.39, 0.29) is 23.0 Å². The molecule has 0 spiro atoms. The van der Waals surface area contributed by atoms with Gasteiger partial charge >= 0.3 is 0 Å². The molecule has 3 rings (SSSR count). The van der Waals surface area contributed by atoms with Crippen molar-refractivity contribution in [2.24, 2.45) is 16.7 Å². The molecule has 38 heavy (non-hydrogen) atoms. The number of carbonyl (C=O) groups excluding carboxylic acids is 1. The largest absolute Gasteiger partial charge is 0.465 e. The van der Waals surface area contributed by atoms with Gasteiger partial charge in [-0.1, -0.05) is 66.7 Å². The number of nitrogens with one attached hydrogen (secondary N) is 2. The van der Waals surface area contributed by atoms with Crippen LogP contribution in [0.3, 0.4) is 0 Å². The molecule has 3 atom stereocenters. The van der Waals surface area contributed by atoms with Crippen LogP contribution in [0.2, 0.25) is 0 Å². The fourth-order valence-electron chi connectivity index (χ4n) is 5.59.